The Morgan fingerprint density at radius 2 is 1.95 bits per heavy atom. The molecule has 0 aromatic carbocycles. The fourth-order valence-corrected chi connectivity index (χ4v) is 3.25. The highest BCUT2D eigenvalue weighted by molar-refractivity contribution is 4.76. The van der Waals surface area contributed by atoms with Gasteiger partial charge in [-0.1, -0.05) is 0 Å². The number of nitrogens with one attached hydrogen (secondary N) is 1. The molecule has 20 heavy (non-hydrogen) atoms. The van der Waals surface area contributed by atoms with E-state index in [-0.39, 0.29) is 0 Å². The van der Waals surface area contributed by atoms with E-state index in [1.54, 1.807) is 0 Å². The molecule has 0 radical (unpaired) electrons. The van der Waals surface area contributed by atoms with Crippen LogP contribution in [0.3, 0.4) is 0 Å². The van der Waals surface area contributed by atoms with Crippen LogP contribution < -0.4 is 5.32 Å². The number of rotatable bonds is 6. The molecule has 0 spiro atoms. The third-order valence-electron chi connectivity index (χ3n) is 4.84. The number of hydrogen-bond donors (Lipinski definition) is 1. The van der Waals surface area contributed by atoms with Crippen molar-refractivity contribution >= 4 is 0 Å². The van der Waals surface area contributed by atoms with Crippen LogP contribution in [0, 0.1) is 5.92 Å². The number of piperidine rings is 1. The second kappa shape index (κ2) is 8.32. The molecule has 0 aliphatic carbocycles. The number of morpholine rings is 1. The van der Waals surface area contributed by atoms with Crippen LogP contribution in [-0.2, 0) is 4.74 Å². The molecule has 118 valence electrons. The van der Waals surface area contributed by atoms with E-state index < -0.39 is 0 Å². The first-order valence-corrected chi connectivity index (χ1v) is 8.40. The smallest absolute Gasteiger partial charge is 0.0826 e. The average Bonchev–Trinajstić information content (AvgIpc) is 2.46. The van der Waals surface area contributed by atoms with Crippen molar-refractivity contribution in [2.24, 2.45) is 5.92 Å². The van der Waals surface area contributed by atoms with Gasteiger partial charge in [0.15, 0.2) is 0 Å². The molecule has 1 atom stereocenters. The summed E-state index contributed by atoms with van der Waals surface area (Å²) in [6.07, 6.45) is 4.45. The Hall–Kier alpha value is -0.160. The van der Waals surface area contributed by atoms with Gasteiger partial charge in [0, 0.05) is 25.7 Å². The van der Waals surface area contributed by atoms with Gasteiger partial charge in [-0.2, -0.15) is 0 Å². The molecular weight excluding hydrogens is 250 g/mol. The van der Waals surface area contributed by atoms with Crippen LogP contribution in [0.1, 0.15) is 33.1 Å². The Morgan fingerprint density at radius 1 is 1.20 bits per heavy atom. The summed E-state index contributed by atoms with van der Waals surface area (Å²) in [6, 6.07) is 0.639. The molecule has 2 aliphatic heterocycles. The summed E-state index contributed by atoms with van der Waals surface area (Å²) in [5.41, 5.74) is 0. The molecule has 2 heterocycles. The molecule has 2 saturated heterocycles. The van der Waals surface area contributed by atoms with Crippen LogP contribution in [0.2, 0.25) is 0 Å². The summed E-state index contributed by atoms with van der Waals surface area (Å²) in [6.45, 7) is 12.3. The van der Waals surface area contributed by atoms with Crippen molar-refractivity contribution in [1.29, 1.82) is 0 Å². The Bertz CT molecular complexity index is 264. The van der Waals surface area contributed by atoms with Crippen LogP contribution >= 0.6 is 0 Å². The van der Waals surface area contributed by atoms with Gasteiger partial charge < -0.3 is 15.0 Å². The van der Waals surface area contributed by atoms with Gasteiger partial charge in [-0.15, -0.1) is 0 Å². The van der Waals surface area contributed by atoms with Gasteiger partial charge in [0.2, 0.25) is 0 Å². The van der Waals surface area contributed by atoms with Crippen molar-refractivity contribution in [1.82, 2.24) is 15.1 Å². The molecule has 1 unspecified atom stereocenters. The van der Waals surface area contributed by atoms with Crippen molar-refractivity contribution < 1.29 is 4.74 Å². The first-order valence-electron chi connectivity index (χ1n) is 8.40. The SMILES string of the molecule is CC(C)N1CCOC(CNCCC2CCN(C)CC2)C1. The van der Waals surface area contributed by atoms with Gasteiger partial charge in [-0.3, -0.25) is 4.90 Å². The maximum atomic E-state index is 5.85. The Balaban J connectivity index is 1.54. The Morgan fingerprint density at radius 3 is 2.65 bits per heavy atom. The summed E-state index contributed by atoms with van der Waals surface area (Å²) in [5.74, 6) is 0.929. The zero-order valence-electron chi connectivity index (χ0n) is 13.6. The molecule has 0 aromatic heterocycles. The molecular formula is C16H33N3O. The zero-order chi connectivity index (χ0) is 14.4. The van der Waals surface area contributed by atoms with Crippen LogP contribution in [0.4, 0.5) is 0 Å². The lowest BCUT2D eigenvalue weighted by Crippen LogP contribution is -2.49. The molecule has 4 nitrogen and oxygen atoms in total. The van der Waals surface area contributed by atoms with Crippen molar-refractivity contribution in [3.05, 3.63) is 0 Å². The fraction of sp³-hybridized carbons (Fsp3) is 1.00. The molecule has 0 saturated carbocycles. The molecule has 2 rings (SSSR count). The van der Waals surface area contributed by atoms with E-state index in [0.717, 1.165) is 38.7 Å². The highest BCUT2D eigenvalue weighted by atomic mass is 16.5. The number of likely N-dealkylation sites (tertiary alicyclic amines) is 1. The summed E-state index contributed by atoms with van der Waals surface area (Å²) in [4.78, 5) is 4.97. The lowest BCUT2D eigenvalue weighted by atomic mass is 9.94. The molecule has 0 amide bonds. The van der Waals surface area contributed by atoms with Crippen LogP contribution in [0.15, 0.2) is 0 Å². The van der Waals surface area contributed by atoms with Crippen LogP contribution in [0.25, 0.3) is 0 Å². The molecule has 0 bridgehead atoms. The van der Waals surface area contributed by atoms with Gasteiger partial charge in [0.1, 0.15) is 0 Å². The van der Waals surface area contributed by atoms with Gasteiger partial charge in [-0.05, 0) is 65.7 Å². The molecule has 2 fully saturated rings. The summed E-state index contributed by atoms with van der Waals surface area (Å²) >= 11 is 0. The van der Waals surface area contributed by atoms with E-state index in [0.29, 0.717) is 12.1 Å². The van der Waals surface area contributed by atoms with Crippen LogP contribution in [0.5, 0.6) is 0 Å². The minimum absolute atomic E-state index is 0.378. The van der Waals surface area contributed by atoms with Crippen molar-refractivity contribution in [3.8, 4) is 0 Å². The van der Waals surface area contributed by atoms with E-state index >= 15 is 0 Å². The van der Waals surface area contributed by atoms with E-state index in [2.05, 4.69) is 36.0 Å². The maximum absolute atomic E-state index is 5.85. The summed E-state index contributed by atoms with van der Waals surface area (Å²) in [5, 5.41) is 3.61. The minimum atomic E-state index is 0.378. The Labute approximate surface area is 124 Å². The maximum Gasteiger partial charge on any atom is 0.0826 e. The normalized spacial score (nSPS) is 27.3. The minimum Gasteiger partial charge on any atom is -0.374 e. The zero-order valence-corrected chi connectivity index (χ0v) is 13.6. The van der Waals surface area contributed by atoms with Gasteiger partial charge >= 0.3 is 0 Å². The monoisotopic (exact) mass is 283 g/mol. The largest absolute Gasteiger partial charge is 0.374 e. The van der Waals surface area contributed by atoms with Crippen LogP contribution in [-0.4, -0.2) is 74.9 Å². The summed E-state index contributed by atoms with van der Waals surface area (Å²) < 4.78 is 5.85. The van der Waals surface area contributed by atoms with Crippen molar-refractivity contribution in [2.45, 2.75) is 45.3 Å². The predicted octanol–water partition coefficient (Wildman–Crippen LogP) is 1.42. The third-order valence-corrected chi connectivity index (χ3v) is 4.84. The second-order valence-corrected chi connectivity index (χ2v) is 6.82. The third kappa shape index (κ3) is 5.32. The lowest BCUT2D eigenvalue weighted by molar-refractivity contribution is -0.0371. The summed E-state index contributed by atoms with van der Waals surface area (Å²) in [7, 11) is 2.23. The highest BCUT2D eigenvalue weighted by Crippen LogP contribution is 2.18. The second-order valence-electron chi connectivity index (χ2n) is 6.82. The molecule has 0 aromatic rings. The quantitative estimate of drug-likeness (QED) is 0.746. The van der Waals surface area contributed by atoms with Crippen molar-refractivity contribution in [2.75, 3.05) is 52.9 Å². The van der Waals surface area contributed by atoms with E-state index in [9.17, 15) is 0 Å². The average molecular weight is 283 g/mol. The van der Waals surface area contributed by atoms with Crippen molar-refractivity contribution in [3.63, 3.8) is 0 Å². The number of hydrogen-bond acceptors (Lipinski definition) is 4. The van der Waals surface area contributed by atoms with E-state index in [1.807, 2.05) is 0 Å². The highest BCUT2D eigenvalue weighted by Gasteiger charge is 2.22. The fourth-order valence-electron chi connectivity index (χ4n) is 3.25. The first kappa shape index (κ1) is 16.2. The van der Waals surface area contributed by atoms with Gasteiger partial charge in [-0.25, -0.2) is 0 Å². The topological polar surface area (TPSA) is 27.7 Å². The van der Waals surface area contributed by atoms with Gasteiger partial charge in [0.05, 0.1) is 12.7 Å². The molecule has 2 aliphatic rings. The number of ether oxygens (including phenoxy) is 1. The number of nitrogens with zero attached hydrogens (tertiary/aromatic N) is 2. The first-order chi connectivity index (χ1) is 9.65. The molecule has 1 N–H and O–H groups in total. The Kier molecular flexibility index (Phi) is 6.75. The standard InChI is InChI=1S/C16H33N3O/c1-14(2)19-10-11-20-16(13-19)12-17-7-4-15-5-8-18(3)9-6-15/h14-17H,4-13H2,1-3H3. The van der Waals surface area contributed by atoms with Gasteiger partial charge in [0.25, 0.3) is 0 Å². The lowest BCUT2D eigenvalue weighted by Gasteiger charge is -2.35. The predicted molar refractivity (Wildman–Crippen MR) is 84.2 cm³/mol. The van der Waals surface area contributed by atoms with E-state index in [4.69, 9.17) is 4.74 Å². The molecule has 4 heteroatoms. The van der Waals surface area contributed by atoms with E-state index in [1.165, 1.54) is 32.4 Å².